The molecule has 3 aromatic carbocycles. The van der Waals surface area contributed by atoms with E-state index < -0.39 is 17.4 Å². The van der Waals surface area contributed by atoms with E-state index in [1.807, 2.05) is 42.5 Å². The number of carbonyl (C=O) groups excluding carboxylic acids is 1. The van der Waals surface area contributed by atoms with E-state index in [-0.39, 0.29) is 0 Å². The first-order valence-electron chi connectivity index (χ1n) is 7.92. The highest BCUT2D eigenvalue weighted by atomic mass is 16.4. The van der Waals surface area contributed by atoms with Gasteiger partial charge in [0.25, 0.3) is 5.91 Å². The predicted octanol–water partition coefficient (Wildman–Crippen LogP) is 3.21. The van der Waals surface area contributed by atoms with Crippen LogP contribution in [-0.2, 0) is 15.1 Å². The Balaban J connectivity index is 1.96. The minimum Gasteiger partial charge on any atom is -0.479 e. The molecule has 1 aliphatic rings. The van der Waals surface area contributed by atoms with E-state index in [0.717, 1.165) is 10.8 Å². The molecule has 124 valence electrons. The van der Waals surface area contributed by atoms with Gasteiger partial charge < -0.3 is 15.3 Å². The Bertz CT molecular complexity index is 1010. The molecule has 0 bridgehead atoms. The average molecular weight is 332 g/mol. The van der Waals surface area contributed by atoms with Gasteiger partial charge in [-0.25, -0.2) is 4.79 Å². The lowest BCUT2D eigenvalue weighted by Gasteiger charge is -2.40. The molecule has 1 aliphatic heterocycles. The van der Waals surface area contributed by atoms with Crippen LogP contribution < -0.4 is 10.2 Å². The van der Waals surface area contributed by atoms with Crippen LogP contribution in [0.2, 0.25) is 0 Å². The van der Waals surface area contributed by atoms with Crippen molar-refractivity contribution in [3.63, 3.8) is 0 Å². The zero-order valence-corrected chi connectivity index (χ0v) is 13.6. The van der Waals surface area contributed by atoms with Gasteiger partial charge in [0.1, 0.15) is 0 Å². The molecule has 4 rings (SSSR count). The Hall–Kier alpha value is -3.34. The van der Waals surface area contributed by atoms with Gasteiger partial charge in [-0.15, -0.1) is 0 Å². The molecule has 0 saturated heterocycles. The Kier molecular flexibility index (Phi) is 3.25. The topological polar surface area (TPSA) is 69.6 Å². The standard InChI is InChI=1S/C20H16N2O3/c1-22-17-9-5-4-8-16(17)21-20(18(22)23,19(24)25)15-11-10-13-6-2-3-7-14(13)12-15/h2-12,21H,1H3,(H,24,25). The number of hydrogen-bond acceptors (Lipinski definition) is 3. The van der Waals surface area contributed by atoms with Gasteiger partial charge in [0.05, 0.1) is 11.4 Å². The molecule has 5 heteroatoms. The number of rotatable bonds is 2. The molecule has 1 heterocycles. The number of hydrogen-bond donors (Lipinski definition) is 2. The second-order valence-corrected chi connectivity index (χ2v) is 6.12. The second kappa shape index (κ2) is 5.34. The van der Waals surface area contributed by atoms with Crippen molar-refractivity contribution in [1.29, 1.82) is 0 Å². The summed E-state index contributed by atoms with van der Waals surface area (Å²) in [6.45, 7) is 0. The number of nitrogens with one attached hydrogen (secondary N) is 1. The molecule has 0 aromatic heterocycles. The molecule has 2 N–H and O–H groups in total. The normalized spacial score (nSPS) is 19.4. The summed E-state index contributed by atoms with van der Waals surface area (Å²) in [5, 5.41) is 14.9. The van der Waals surface area contributed by atoms with E-state index in [4.69, 9.17) is 0 Å². The maximum Gasteiger partial charge on any atom is 0.344 e. The van der Waals surface area contributed by atoms with Gasteiger partial charge in [-0.05, 0) is 34.5 Å². The SMILES string of the molecule is CN1C(=O)C(C(=O)O)(c2ccc3ccccc3c2)Nc2ccccc21. The fraction of sp³-hybridized carbons (Fsp3) is 0.100. The Labute approximate surface area is 144 Å². The largest absolute Gasteiger partial charge is 0.479 e. The maximum absolute atomic E-state index is 13.1. The lowest BCUT2D eigenvalue weighted by molar-refractivity contribution is -0.147. The second-order valence-electron chi connectivity index (χ2n) is 6.12. The number of fused-ring (bicyclic) bond motifs is 2. The number of carbonyl (C=O) groups is 2. The van der Waals surface area contributed by atoms with Crippen molar-refractivity contribution >= 4 is 34.0 Å². The van der Waals surface area contributed by atoms with Crippen LogP contribution in [0.5, 0.6) is 0 Å². The molecule has 25 heavy (non-hydrogen) atoms. The summed E-state index contributed by atoms with van der Waals surface area (Å²) >= 11 is 0. The minimum absolute atomic E-state index is 0.407. The maximum atomic E-state index is 13.1. The zero-order chi connectivity index (χ0) is 17.6. The summed E-state index contributed by atoms with van der Waals surface area (Å²) in [4.78, 5) is 26.7. The van der Waals surface area contributed by atoms with E-state index in [1.54, 1.807) is 31.3 Å². The number of para-hydroxylation sites is 2. The van der Waals surface area contributed by atoms with Crippen LogP contribution >= 0.6 is 0 Å². The molecule has 3 aromatic rings. The number of aliphatic carboxylic acids is 1. The Morgan fingerprint density at radius 2 is 1.68 bits per heavy atom. The molecule has 0 saturated carbocycles. The van der Waals surface area contributed by atoms with Crippen molar-refractivity contribution in [2.45, 2.75) is 5.54 Å². The molecule has 0 fully saturated rings. The predicted molar refractivity (Wildman–Crippen MR) is 96.7 cm³/mol. The first-order chi connectivity index (χ1) is 12.0. The Morgan fingerprint density at radius 3 is 2.44 bits per heavy atom. The van der Waals surface area contributed by atoms with Gasteiger partial charge >= 0.3 is 5.97 Å². The van der Waals surface area contributed by atoms with Crippen LogP contribution in [-0.4, -0.2) is 24.0 Å². The number of likely N-dealkylation sites (N-methyl/N-ethyl adjacent to an activating group) is 1. The van der Waals surface area contributed by atoms with E-state index in [1.165, 1.54) is 4.90 Å². The van der Waals surface area contributed by atoms with Gasteiger partial charge in [-0.1, -0.05) is 48.5 Å². The van der Waals surface area contributed by atoms with E-state index in [0.29, 0.717) is 16.9 Å². The quantitative estimate of drug-likeness (QED) is 0.707. The summed E-state index contributed by atoms with van der Waals surface area (Å²) in [5.41, 5.74) is -0.178. The average Bonchev–Trinajstić information content (AvgIpc) is 2.64. The van der Waals surface area contributed by atoms with E-state index in [9.17, 15) is 14.7 Å². The molecule has 5 nitrogen and oxygen atoms in total. The number of carboxylic acid groups (broad SMARTS) is 1. The summed E-state index contributed by atoms with van der Waals surface area (Å²) in [7, 11) is 1.60. The smallest absolute Gasteiger partial charge is 0.344 e. The highest BCUT2D eigenvalue weighted by Crippen LogP contribution is 2.40. The van der Waals surface area contributed by atoms with Crippen molar-refractivity contribution < 1.29 is 14.7 Å². The summed E-state index contributed by atoms with van der Waals surface area (Å²) in [6.07, 6.45) is 0. The van der Waals surface area contributed by atoms with Crippen molar-refractivity contribution in [2.24, 2.45) is 0 Å². The monoisotopic (exact) mass is 332 g/mol. The van der Waals surface area contributed by atoms with Crippen molar-refractivity contribution in [2.75, 3.05) is 17.3 Å². The highest BCUT2D eigenvalue weighted by molar-refractivity contribution is 6.19. The zero-order valence-electron chi connectivity index (χ0n) is 13.6. The highest BCUT2D eigenvalue weighted by Gasteiger charge is 2.53. The third kappa shape index (κ3) is 2.09. The van der Waals surface area contributed by atoms with Crippen LogP contribution in [0.3, 0.4) is 0 Å². The number of nitrogens with zero attached hydrogens (tertiary/aromatic N) is 1. The molecular formula is C20H16N2O3. The molecule has 1 amide bonds. The fourth-order valence-electron chi connectivity index (χ4n) is 3.37. The lowest BCUT2D eigenvalue weighted by Crippen LogP contribution is -2.58. The number of anilines is 2. The van der Waals surface area contributed by atoms with Gasteiger partial charge in [0.2, 0.25) is 5.54 Å². The molecule has 0 radical (unpaired) electrons. The molecule has 0 aliphatic carbocycles. The summed E-state index contributed by atoms with van der Waals surface area (Å²) < 4.78 is 0. The van der Waals surface area contributed by atoms with E-state index >= 15 is 0 Å². The number of benzene rings is 3. The molecule has 1 unspecified atom stereocenters. The van der Waals surface area contributed by atoms with Crippen molar-refractivity contribution in [1.82, 2.24) is 0 Å². The van der Waals surface area contributed by atoms with Crippen LogP contribution in [0.4, 0.5) is 11.4 Å². The fourth-order valence-corrected chi connectivity index (χ4v) is 3.37. The summed E-state index contributed by atoms with van der Waals surface area (Å²) in [5.74, 6) is -1.75. The number of carboxylic acids is 1. The summed E-state index contributed by atoms with van der Waals surface area (Å²) in [6, 6.07) is 20.1. The van der Waals surface area contributed by atoms with Crippen molar-refractivity contribution in [3.05, 3.63) is 72.3 Å². The molecule has 0 spiro atoms. The van der Waals surface area contributed by atoms with Crippen molar-refractivity contribution in [3.8, 4) is 0 Å². The van der Waals surface area contributed by atoms with Gasteiger partial charge in [0.15, 0.2) is 0 Å². The number of amides is 1. The third-order valence-electron chi connectivity index (χ3n) is 4.72. The lowest BCUT2D eigenvalue weighted by atomic mass is 9.84. The Morgan fingerprint density at radius 1 is 1.00 bits per heavy atom. The van der Waals surface area contributed by atoms with Gasteiger partial charge in [-0.2, -0.15) is 0 Å². The van der Waals surface area contributed by atoms with Crippen LogP contribution in [0.25, 0.3) is 10.8 Å². The first-order valence-corrected chi connectivity index (χ1v) is 7.92. The van der Waals surface area contributed by atoms with Gasteiger partial charge in [0, 0.05) is 7.05 Å². The van der Waals surface area contributed by atoms with Crippen LogP contribution in [0.15, 0.2) is 66.7 Å². The molecule has 1 atom stereocenters. The van der Waals surface area contributed by atoms with Gasteiger partial charge in [-0.3, -0.25) is 4.79 Å². The van der Waals surface area contributed by atoms with E-state index in [2.05, 4.69) is 5.32 Å². The third-order valence-corrected chi connectivity index (χ3v) is 4.72. The van der Waals surface area contributed by atoms with Crippen LogP contribution in [0.1, 0.15) is 5.56 Å². The first kappa shape index (κ1) is 15.2. The van der Waals surface area contributed by atoms with Crippen LogP contribution in [0, 0.1) is 0 Å². The minimum atomic E-state index is -1.85. The molecular weight excluding hydrogens is 316 g/mol.